The van der Waals surface area contributed by atoms with E-state index < -0.39 is 10.1 Å². The van der Waals surface area contributed by atoms with E-state index in [0.717, 1.165) is 11.3 Å². The quantitative estimate of drug-likeness (QED) is 0.570. The molecule has 2 aromatic carbocycles. The summed E-state index contributed by atoms with van der Waals surface area (Å²) in [4.78, 5) is 12.4. The highest BCUT2D eigenvalue weighted by Gasteiger charge is 2.12. The molecule has 2 rings (SSSR count). The molecule has 0 unspecified atom stereocenters. The normalized spacial score (nSPS) is 11.0. The summed E-state index contributed by atoms with van der Waals surface area (Å²) >= 11 is 0. The molecular formula is C16H18N2O4S. The van der Waals surface area contributed by atoms with E-state index in [2.05, 4.69) is 5.32 Å². The summed E-state index contributed by atoms with van der Waals surface area (Å²) in [7, 11) is -4.05. The highest BCUT2D eigenvalue weighted by molar-refractivity contribution is 7.85. The molecule has 0 saturated carbocycles. The van der Waals surface area contributed by atoms with Crippen molar-refractivity contribution in [2.45, 2.75) is 6.54 Å². The summed E-state index contributed by atoms with van der Waals surface area (Å²) in [6, 6.07) is 16.7. The van der Waals surface area contributed by atoms with E-state index in [4.69, 9.17) is 4.55 Å². The predicted molar refractivity (Wildman–Crippen MR) is 90.0 cm³/mol. The number of carbonyl (C=O) groups is 1. The number of hydrogen-bond donors (Lipinski definition) is 2. The van der Waals surface area contributed by atoms with Gasteiger partial charge in [-0.1, -0.05) is 36.4 Å². The Morgan fingerprint density at radius 2 is 1.83 bits per heavy atom. The summed E-state index contributed by atoms with van der Waals surface area (Å²) in [6.45, 7) is 0.624. The van der Waals surface area contributed by atoms with Gasteiger partial charge in [-0.2, -0.15) is 8.42 Å². The van der Waals surface area contributed by atoms with Crippen molar-refractivity contribution in [1.82, 2.24) is 0 Å². The summed E-state index contributed by atoms with van der Waals surface area (Å²) in [5.74, 6) is -0.370. The number of anilines is 2. The minimum atomic E-state index is -4.05. The van der Waals surface area contributed by atoms with Gasteiger partial charge in [0.15, 0.2) is 0 Å². The number of hydrogen-bond acceptors (Lipinski definition) is 4. The van der Waals surface area contributed by atoms with Gasteiger partial charge in [-0.25, -0.2) is 0 Å². The fourth-order valence-corrected chi connectivity index (χ4v) is 2.64. The van der Waals surface area contributed by atoms with Crippen molar-refractivity contribution in [3.8, 4) is 0 Å². The van der Waals surface area contributed by atoms with Crippen molar-refractivity contribution < 1.29 is 17.8 Å². The van der Waals surface area contributed by atoms with Gasteiger partial charge < -0.3 is 10.2 Å². The maximum atomic E-state index is 11.1. The highest BCUT2D eigenvalue weighted by Crippen LogP contribution is 2.21. The molecule has 1 amide bonds. The molecule has 122 valence electrons. The Morgan fingerprint density at radius 3 is 2.48 bits per heavy atom. The standard InChI is InChI=1S/C16H18N2O4S/c19-13-17-15-7-4-8-16(11-15)18(9-10-23(20,21)22)12-14-5-2-1-3-6-14/h1-8,11,13H,9-10,12H2,(H,17,19)(H,20,21,22). The van der Waals surface area contributed by atoms with Gasteiger partial charge in [-0.15, -0.1) is 0 Å². The van der Waals surface area contributed by atoms with Crippen molar-refractivity contribution in [1.29, 1.82) is 0 Å². The lowest BCUT2D eigenvalue weighted by atomic mass is 10.2. The van der Waals surface area contributed by atoms with Gasteiger partial charge in [0, 0.05) is 24.5 Å². The van der Waals surface area contributed by atoms with Gasteiger partial charge in [0.2, 0.25) is 6.41 Å². The van der Waals surface area contributed by atoms with Crippen LogP contribution in [0, 0.1) is 0 Å². The van der Waals surface area contributed by atoms with E-state index in [1.807, 2.05) is 41.3 Å². The summed E-state index contributed by atoms with van der Waals surface area (Å²) < 4.78 is 31.1. The Kier molecular flexibility index (Phi) is 5.72. The van der Waals surface area contributed by atoms with E-state index in [1.165, 1.54) is 0 Å². The largest absolute Gasteiger partial charge is 0.366 e. The number of benzene rings is 2. The van der Waals surface area contributed by atoms with Crippen LogP contribution in [-0.2, 0) is 21.5 Å². The summed E-state index contributed by atoms with van der Waals surface area (Å²) in [5, 5.41) is 2.56. The second-order valence-corrected chi connectivity index (χ2v) is 6.58. The molecule has 0 atom stereocenters. The SMILES string of the molecule is O=CNc1cccc(N(CCS(=O)(=O)O)Cc2ccccc2)c1. The molecule has 6 nitrogen and oxygen atoms in total. The van der Waals surface area contributed by atoms with Crippen molar-refractivity contribution >= 4 is 27.9 Å². The first kappa shape index (κ1) is 17.0. The van der Waals surface area contributed by atoms with Gasteiger partial charge in [0.05, 0.1) is 5.75 Å². The first-order chi connectivity index (χ1) is 11.0. The van der Waals surface area contributed by atoms with E-state index >= 15 is 0 Å². The molecule has 0 saturated heterocycles. The lowest BCUT2D eigenvalue weighted by Crippen LogP contribution is -2.28. The monoisotopic (exact) mass is 334 g/mol. The average Bonchev–Trinajstić information content (AvgIpc) is 2.52. The summed E-state index contributed by atoms with van der Waals surface area (Å²) in [5.41, 5.74) is 2.38. The molecule has 0 bridgehead atoms. The van der Waals surface area contributed by atoms with Crippen LogP contribution < -0.4 is 10.2 Å². The molecule has 23 heavy (non-hydrogen) atoms. The van der Waals surface area contributed by atoms with E-state index in [-0.39, 0.29) is 12.3 Å². The number of nitrogens with zero attached hydrogens (tertiary/aromatic N) is 1. The van der Waals surface area contributed by atoms with E-state index in [9.17, 15) is 13.2 Å². The van der Waals surface area contributed by atoms with E-state index in [0.29, 0.717) is 18.6 Å². The Morgan fingerprint density at radius 1 is 1.09 bits per heavy atom. The molecule has 2 N–H and O–H groups in total. The molecule has 0 heterocycles. The van der Waals surface area contributed by atoms with Crippen LogP contribution in [0.15, 0.2) is 54.6 Å². The second kappa shape index (κ2) is 7.75. The third-order valence-corrected chi connectivity index (χ3v) is 3.97. The molecule has 0 aliphatic heterocycles. The number of rotatable bonds is 8. The van der Waals surface area contributed by atoms with Gasteiger partial charge in [0.25, 0.3) is 10.1 Å². The number of nitrogens with one attached hydrogen (secondary N) is 1. The molecule has 7 heteroatoms. The first-order valence-electron chi connectivity index (χ1n) is 7.02. The zero-order valence-electron chi connectivity index (χ0n) is 12.4. The Hall–Kier alpha value is -2.38. The van der Waals surface area contributed by atoms with Crippen LogP contribution in [-0.4, -0.2) is 31.7 Å². The molecule has 0 aliphatic carbocycles. The van der Waals surface area contributed by atoms with E-state index in [1.54, 1.807) is 18.2 Å². The number of amides is 1. The Bertz CT molecular complexity index is 748. The van der Waals surface area contributed by atoms with Crippen LogP contribution in [0.4, 0.5) is 11.4 Å². The zero-order chi connectivity index (χ0) is 16.7. The van der Waals surface area contributed by atoms with Gasteiger partial charge in [0.1, 0.15) is 0 Å². The Labute approximate surface area is 135 Å². The van der Waals surface area contributed by atoms with Crippen LogP contribution in [0.5, 0.6) is 0 Å². The minimum absolute atomic E-state index is 0.137. The van der Waals surface area contributed by atoms with Crippen LogP contribution in [0.3, 0.4) is 0 Å². The molecule has 0 fully saturated rings. The minimum Gasteiger partial charge on any atom is -0.366 e. The van der Waals surface area contributed by atoms with Crippen LogP contribution in [0.2, 0.25) is 0 Å². The zero-order valence-corrected chi connectivity index (χ0v) is 13.2. The molecule has 0 aliphatic rings. The highest BCUT2D eigenvalue weighted by atomic mass is 32.2. The van der Waals surface area contributed by atoms with Gasteiger partial charge in [-0.05, 0) is 23.8 Å². The maximum Gasteiger partial charge on any atom is 0.266 e. The molecule has 0 spiro atoms. The summed E-state index contributed by atoms with van der Waals surface area (Å²) in [6.07, 6.45) is 0.582. The van der Waals surface area contributed by atoms with Crippen LogP contribution >= 0.6 is 0 Å². The van der Waals surface area contributed by atoms with Crippen LogP contribution in [0.1, 0.15) is 5.56 Å². The maximum absolute atomic E-state index is 11.1. The van der Waals surface area contributed by atoms with Crippen molar-refractivity contribution in [2.24, 2.45) is 0 Å². The lowest BCUT2D eigenvalue weighted by Gasteiger charge is -2.25. The first-order valence-corrected chi connectivity index (χ1v) is 8.63. The van der Waals surface area contributed by atoms with Gasteiger partial charge >= 0.3 is 0 Å². The third kappa shape index (κ3) is 5.72. The van der Waals surface area contributed by atoms with Crippen molar-refractivity contribution in [3.63, 3.8) is 0 Å². The topological polar surface area (TPSA) is 86.7 Å². The third-order valence-electron chi connectivity index (χ3n) is 3.27. The fourth-order valence-electron chi connectivity index (χ4n) is 2.19. The smallest absolute Gasteiger partial charge is 0.266 e. The molecular weight excluding hydrogens is 316 g/mol. The predicted octanol–water partition coefficient (Wildman–Crippen LogP) is 2.15. The molecule has 0 radical (unpaired) electrons. The second-order valence-electron chi connectivity index (χ2n) is 5.01. The lowest BCUT2D eigenvalue weighted by molar-refractivity contribution is -0.105. The number of carbonyl (C=O) groups excluding carboxylic acids is 1. The van der Waals surface area contributed by atoms with Crippen molar-refractivity contribution in [2.75, 3.05) is 22.5 Å². The fraction of sp³-hybridized carbons (Fsp3) is 0.188. The van der Waals surface area contributed by atoms with Crippen LogP contribution in [0.25, 0.3) is 0 Å². The average molecular weight is 334 g/mol. The van der Waals surface area contributed by atoms with Crippen molar-refractivity contribution in [3.05, 3.63) is 60.2 Å². The molecule has 2 aromatic rings. The molecule has 0 aromatic heterocycles. The Balaban J connectivity index is 2.24. The van der Waals surface area contributed by atoms with Gasteiger partial charge in [-0.3, -0.25) is 9.35 Å².